The first-order valence-electron chi connectivity index (χ1n) is 2.46. The van der Waals surface area contributed by atoms with Gasteiger partial charge in [0.05, 0.1) is 7.11 Å². The number of hydrogen-bond acceptors (Lipinski definition) is 5. The van der Waals surface area contributed by atoms with Gasteiger partial charge in [0.15, 0.2) is 0 Å². The first-order chi connectivity index (χ1) is 5.16. The predicted octanol–water partition coefficient (Wildman–Crippen LogP) is 0.544. The molecule has 0 unspecified atom stereocenters. The summed E-state index contributed by atoms with van der Waals surface area (Å²) >= 11 is 0. The summed E-state index contributed by atoms with van der Waals surface area (Å²) in [5, 5.41) is 7.50. The van der Waals surface area contributed by atoms with E-state index >= 15 is 0 Å². The Kier molecular flexibility index (Phi) is 4.30. The highest BCUT2D eigenvalue weighted by molar-refractivity contribution is 5.56. The lowest BCUT2D eigenvalue weighted by molar-refractivity contribution is 0.114. The van der Waals surface area contributed by atoms with Crippen molar-refractivity contribution < 1.29 is 23.5 Å². The molecule has 1 N–H and O–H groups in total. The van der Waals surface area contributed by atoms with Gasteiger partial charge in [-0.25, -0.2) is 9.59 Å². The Morgan fingerprint density at radius 2 is 1.91 bits per heavy atom. The van der Waals surface area contributed by atoms with Crippen LogP contribution in [-0.4, -0.2) is 18.4 Å². The first kappa shape index (κ1) is 9.28. The summed E-state index contributed by atoms with van der Waals surface area (Å²) in [6.07, 6.45) is 1.12. The summed E-state index contributed by atoms with van der Waals surface area (Å²) in [4.78, 5) is 18.9. The largest absolute Gasteiger partial charge is 0.518 e. The van der Waals surface area contributed by atoms with Crippen molar-refractivity contribution in [3.05, 3.63) is 23.1 Å². The molecule has 0 saturated carbocycles. The van der Waals surface area contributed by atoms with Crippen molar-refractivity contribution in [3.8, 4) is 0 Å². The maximum absolute atomic E-state index is 9.74. The predicted molar refractivity (Wildman–Crippen MR) is 32.3 cm³/mol. The van der Waals surface area contributed by atoms with Crippen LogP contribution >= 0.6 is 0 Å². The highest BCUT2D eigenvalue weighted by Gasteiger charge is 1.80. The van der Waals surface area contributed by atoms with Crippen LogP contribution in [0, 0.1) is 0 Å². The van der Waals surface area contributed by atoms with Gasteiger partial charge in [-0.1, -0.05) is 0 Å². The van der Waals surface area contributed by atoms with E-state index in [1.807, 2.05) is 0 Å². The second-order valence-electron chi connectivity index (χ2n) is 1.23. The average molecular weight is 162 g/mol. The molecule has 11 heavy (non-hydrogen) atoms. The molecule has 0 saturated heterocycles. The molecule has 0 amide bonds. The van der Waals surface area contributed by atoms with Gasteiger partial charge in [-0.3, -0.25) is 0 Å². The Morgan fingerprint density at radius 1 is 1.55 bits per heavy atom. The topological polar surface area (TPSA) is 89.9 Å². The Morgan fingerprint density at radius 3 is 2.00 bits per heavy atom. The summed E-state index contributed by atoms with van der Waals surface area (Å²) in [5.74, 6) is -0.657. The van der Waals surface area contributed by atoms with Gasteiger partial charge in [0.1, 0.15) is 12.5 Å². The molecule has 6 nitrogen and oxygen atoms in total. The van der Waals surface area contributed by atoms with Gasteiger partial charge in [-0.15, -0.1) is 0 Å². The smallest absolute Gasteiger partial charge is 0.450 e. The zero-order valence-electron chi connectivity index (χ0n) is 5.64. The van der Waals surface area contributed by atoms with Crippen LogP contribution in [0.2, 0.25) is 0 Å². The number of carbonyl (C=O) groups is 1. The molecule has 1 heterocycles. The monoisotopic (exact) mass is 162 g/mol. The Balaban J connectivity index is 0.000000187. The van der Waals surface area contributed by atoms with Crippen molar-refractivity contribution in [1.29, 1.82) is 0 Å². The molecular weight excluding hydrogens is 156 g/mol. The molecule has 6 heteroatoms. The van der Waals surface area contributed by atoms with E-state index < -0.39 is 12.0 Å². The van der Waals surface area contributed by atoms with E-state index in [1.54, 1.807) is 0 Å². The molecule has 0 aromatic carbocycles. The minimum Gasteiger partial charge on any atom is -0.450 e. The number of methoxy groups -OCH3 is 1. The minimum atomic E-state index is -1.25. The molecule has 0 fully saturated rings. The van der Waals surface area contributed by atoms with Crippen LogP contribution in [-0.2, 0) is 4.74 Å². The summed E-state index contributed by atoms with van der Waals surface area (Å²) in [7, 11) is 1.10. The fourth-order valence-electron chi connectivity index (χ4n) is 0.194. The van der Waals surface area contributed by atoms with Crippen LogP contribution in [0.1, 0.15) is 0 Å². The standard InChI is InChI=1S/C3H2O3.C2H4O3/c4-3-5-1-2-6-3;1-5-2(3)4/h1-2H;1H3,(H,3,4). The van der Waals surface area contributed by atoms with Gasteiger partial charge in [0.25, 0.3) is 0 Å². The molecule has 0 aliphatic rings. The fourth-order valence-corrected chi connectivity index (χ4v) is 0.194. The van der Waals surface area contributed by atoms with Gasteiger partial charge in [0.2, 0.25) is 0 Å². The van der Waals surface area contributed by atoms with Gasteiger partial charge in [0, 0.05) is 0 Å². The van der Waals surface area contributed by atoms with E-state index in [1.165, 1.54) is 12.5 Å². The molecule has 0 spiro atoms. The molecule has 0 atom stereocenters. The second-order valence-corrected chi connectivity index (χ2v) is 1.23. The van der Waals surface area contributed by atoms with E-state index in [9.17, 15) is 4.79 Å². The van der Waals surface area contributed by atoms with Crippen molar-refractivity contribution in [2.45, 2.75) is 0 Å². The van der Waals surface area contributed by atoms with Crippen molar-refractivity contribution in [3.63, 3.8) is 0 Å². The van der Waals surface area contributed by atoms with Crippen LogP contribution in [0.25, 0.3) is 0 Å². The third kappa shape index (κ3) is 6.16. The lowest BCUT2D eigenvalue weighted by Crippen LogP contribution is -1.91. The normalized spacial score (nSPS) is 7.73. The maximum atomic E-state index is 9.74. The average Bonchev–Trinajstić information content (AvgIpc) is 2.41. The van der Waals surface area contributed by atoms with Gasteiger partial charge in [-0.2, -0.15) is 0 Å². The molecule has 1 rings (SSSR count). The summed E-state index contributed by atoms with van der Waals surface area (Å²) in [5.41, 5.74) is 0. The Bertz CT molecular complexity index is 229. The quantitative estimate of drug-likeness (QED) is 0.560. The van der Waals surface area contributed by atoms with E-state index in [0.717, 1.165) is 7.11 Å². The Hall–Kier alpha value is -1.72. The van der Waals surface area contributed by atoms with E-state index in [-0.39, 0.29) is 0 Å². The number of ether oxygens (including phenoxy) is 1. The molecular formula is C5H6O6. The highest BCUT2D eigenvalue weighted by atomic mass is 16.6. The van der Waals surface area contributed by atoms with Crippen molar-refractivity contribution in [1.82, 2.24) is 0 Å². The number of rotatable bonds is 0. The summed E-state index contributed by atoms with van der Waals surface area (Å²) in [6, 6.07) is 0. The van der Waals surface area contributed by atoms with E-state index in [4.69, 9.17) is 9.90 Å². The van der Waals surface area contributed by atoms with Crippen LogP contribution in [0.5, 0.6) is 0 Å². The van der Waals surface area contributed by atoms with Crippen molar-refractivity contribution in [2.24, 2.45) is 0 Å². The highest BCUT2D eigenvalue weighted by Crippen LogP contribution is 1.70. The lowest BCUT2D eigenvalue weighted by Gasteiger charge is -1.79. The number of hydrogen-bond donors (Lipinski definition) is 1. The zero-order chi connectivity index (χ0) is 8.69. The molecule has 0 aliphatic heterocycles. The third-order valence-electron chi connectivity index (χ3n) is 0.559. The summed E-state index contributed by atoms with van der Waals surface area (Å²) in [6.45, 7) is 0. The first-order valence-corrected chi connectivity index (χ1v) is 2.46. The molecule has 1 aromatic heterocycles. The van der Waals surface area contributed by atoms with Gasteiger partial charge in [-0.05, 0) is 0 Å². The van der Waals surface area contributed by atoms with Gasteiger partial charge < -0.3 is 18.7 Å². The molecule has 0 radical (unpaired) electrons. The van der Waals surface area contributed by atoms with Crippen molar-refractivity contribution >= 4 is 6.16 Å². The maximum Gasteiger partial charge on any atom is 0.518 e. The van der Waals surface area contributed by atoms with E-state index in [2.05, 4.69) is 13.6 Å². The van der Waals surface area contributed by atoms with Gasteiger partial charge >= 0.3 is 12.0 Å². The van der Waals surface area contributed by atoms with Crippen LogP contribution in [0.3, 0.4) is 0 Å². The lowest BCUT2D eigenvalue weighted by atomic mass is 11.1. The zero-order valence-corrected chi connectivity index (χ0v) is 5.64. The Labute approximate surface area is 61.0 Å². The van der Waals surface area contributed by atoms with Crippen LogP contribution in [0.15, 0.2) is 26.2 Å². The van der Waals surface area contributed by atoms with Crippen LogP contribution < -0.4 is 5.82 Å². The summed E-state index contributed by atoms with van der Waals surface area (Å²) < 4.78 is 11.9. The molecule has 0 bridgehead atoms. The fraction of sp³-hybridized carbons (Fsp3) is 0.200. The van der Waals surface area contributed by atoms with E-state index in [0.29, 0.717) is 0 Å². The third-order valence-corrected chi connectivity index (χ3v) is 0.559. The molecule has 0 aliphatic carbocycles. The van der Waals surface area contributed by atoms with Crippen LogP contribution in [0.4, 0.5) is 4.79 Å². The SMILES string of the molecule is COC(=O)O.O=c1occo1. The van der Waals surface area contributed by atoms with Crippen molar-refractivity contribution in [2.75, 3.05) is 7.11 Å². The minimum absolute atomic E-state index is 0.657. The molecule has 1 aromatic rings. The molecule has 62 valence electrons. The number of carboxylic acid groups (broad SMARTS) is 1. The second kappa shape index (κ2) is 5.10.